The molecule has 4 fully saturated rings. The topological polar surface area (TPSA) is 46.2 Å². The van der Waals surface area contributed by atoms with E-state index in [9.17, 15) is 5.11 Å². The van der Waals surface area contributed by atoms with Gasteiger partial charge in [0.15, 0.2) is 0 Å². The van der Waals surface area contributed by atoms with Gasteiger partial charge in [0.2, 0.25) is 0 Å². The lowest BCUT2D eigenvalue weighted by atomic mass is 9.44. The Morgan fingerprint density at radius 3 is 2.57 bits per heavy atom. The number of hydrogen-bond acceptors (Lipinski definition) is 2. The summed E-state index contributed by atoms with van der Waals surface area (Å²) in [5, 5.41) is 10.1. The van der Waals surface area contributed by atoms with E-state index in [0.717, 1.165) is 30.6 Å². The van der Waals surface area contributed by atoms with E-state index in [-0.39, 0.29) is 12.1 Å². The first-order chi connectivity index (χ1) is 9.95. The number of hydrogen-bond donors (Lipinski definition) is 2. The fraction of sp³-hybridized carbons (Fsp3) is 1.00. The molecule has 2 unspecified atom stereocenters. The zero-order valence-electron chi connectivity index (χ0n) is 13.9. The van der Waals surface area contributed by atoms with Gasteiger partial charge in [-0.2, -0.15) is 0 Å². The summed E-state index contributed by atoms with van der Waals surface area (Å²) in [4.78, 5) is 0. The molecule has 8 atom stereocenters. The summed E-state index contributed by atoms with van der Waals surface area (Å²) in [6.07, 6.45) is 11.6. The standard InChI is InChI=1S/C19H33NO/c1-18-8-3-4-15(18)14-6-5-12-10-13(21)11-17(20)19(12,2)16(14)7-9-18/h12-17,21H,3-11,20H2,1-2H3/t12?,13-,14+,15+,16+,17?,18+,19+/m1/s1. The van der Waals surface area contributed by atoms with Gasteiger partial charge in [-0.25, -0.2) is 0 Å². The first-order valence-corrected chi connectivity index (χ1v) is 9.39. The summed E-state index contributed by atoms with van der Waals surface area (Å²) >= 11 is 0. The maximum atomic E-state index is 10.1. The Hall–Kier alpha value is -0.0800. The highest BCUT2D eigenvalue weighted by molar-refractivity contribution is 5.10. The van der Waals surface area contributed by atoms with E-state index < -0.39 is 0 Å². The molecule has 0 saturated heterocycles. The van der Waals surface area contributed by atoms with Crippen LogP contribution >= 0.6 is 0 Å². The largest absolute Gasteiger partial charge is 0.393 e. The first-order valence-electron chi connectivity index (χ1n) is 9.39. The van der Waals surface area contributed by atoms with Crippen LogP contribution in [0.5, 0.6) is 0 Å². The Morgan fingerprint density at radius 2 is 1.76 bits per heavy atom. The van der Waals surface area contributed by atoms with E-state index in [1.807, 2.05) is 0 Å². The molecule has 0 aliphatic heterocycles. The van der Waals surface area contributed by atoms with E-state index in [4.69, 9.17) is 5.73 Å². The molecule has 120 valence electrons. The zero-order chi connectivity index (χ0) is 14.8. The van der Waals surface area contributed by atoms with Crippen LogP contribution in [0.1, 0.15) is 71.6 Å². The Balaban J connectivity index is 1.66. The predicted molar refractivity (Wildman–Crippen MR) is 85.7 cm³/mol. The summed E-state index contributed by atoms with van der Waals surface area (Å²) in [7, 11) is 0. The van der Waals surface area contributed by atoms with Gasteiger partial charge in [-0.1, -0.05) is 20.3 Å². The van der Waals surface area contributed by atoms with Crippen LogP contribution in [0.3, 0.4) is 0 Å². The molecule has 3 N–H and O–H groups in total. The lowest BCUT2D eigenvalue weighted by Gasteiger charge is -2.62. The molecule has 21 heavy (non-hydrogen) atoms. The highest BCUT2D eigenvalue weighted by Gasteiger charge is 2.59. The number of nitrogens with two attached hydrogens (primary N) is 1. The number of rotatable bonds is 0. The normalized spacial score (nSPS) is 60.0. The van der Waals surface area contributed by atoms with Crippen LogP contribution in [-0.4, -0.2) is 17.3 Å². The molecule has 4 aliphatic rings. The van der Waals surface area contributed by atoms with Gasteiger partial charge in [0, 0.05) is 6.04 Å². The van der Waals surface area contributed by atoms with Gasteiger partial charge in [0.1, 0.15) is 0 Å². The molecule has 0 aromatic heterocycles. The SMILES string of the molecule is C[C@@]12CCC[C@H]1[C@@H]1CCC3C[C@@H](O)CC(N)[C@]3(C)[C@H]1CC2. The molecule has 4 aliphatic carbocycles. The smallest absolute Gasteiger partial charge is 0.0558 e. The van der Waals surface area contributed by atoms with Gasteiger partial charge in [0.25, 0.3) is 0 Å². The third-order valence-electron chi connectivity index (χ3n) is 8.63. The monoisotopic (exact) mass is 291 g/mol. The van der Waals surface area contributed by atoms with Crippen molar-refractivity contribution >= 4 is 0 Å². The van der Waals surface area contributed by atoms with Crippen molar-refractivity contribution in [1.29, 1.82) is 0 Å². The van der Waals surface area contributed by atoms with Gasteiger partial charge < -0.3 is 10.8 Å². The molecule has 4 rings (SSSR count). The van der Waals surface area contributed by atoms with E-state index >= 15 is 0 Å². The van der Waals surface area contributed by atoms with Gasteiger partial charge in [-0.3, -0.25) is 0 Å². The lowest BCUT2D eigenvalue weighted by Crippen LogP contribution is -2.61. The first kappa shape index (κ1) is 14.5. The maximum absolute atomic E-state index is 10.1. The minimum atomic E-state index is -0.144. The Morgan fingerprint density at radius 1 is 0.952 bits per heavy atom. The molecule has 0 spiro atoms. The van der Waals surface area contributed by atoms with Crippen LogP contribution in [-0.2, 0) is 0 Å². The van der Waals surface area contributed by atoms with E-state index in [1.165, 1.54) is 44.9 Å². The fourth-order valence-corrected chi connectivity index (χ4v) is 7.38. The average Bonchev–Trinajstić information content (AvgIpc) is 2.82. The molecule has 0 aromatic carbocycles. The van der Waals surface area contributed by atoms with Crippen molar-refractivity contribution in [3.8, 4) is 0 Å². The molecule has 4 saturated carbocycles. The minimum Gasteiger partial charge on any atom is -0.393 e. The lowest BCUT2D eigenvalue weighted by molar-refractivity contribution is -0.130. The van der Waals surface area contributed by atoms with Gasteiger partial charge in [0.05, 0.1) is 6.10 Å². The second-order valence-corrected chi connectivity index (χ2v) is 9.33. The molecule has 0 aromatic rings. The molecule has 0 radical (unpaired) electrons. The molecule has 0 bridgehead atoms. The average molecular weight is 291 g/mol. The predicted octanol–water partition coefficient (Wildman–Crippen LogP) is 3.72. The molecular weight excluding hydrogens is 258 g/mol. The van der Waals surface area contributed by atoms with Crippen molar-refractivity contribution in [2.75, 3.05) is 0 Å². The molecule has 0 amide bonds. The number of aliphatic hydroxyl groups is 1. The van der Waals surface area contributed by atoms with Gasteiger partial charge in [-0.05, 0) is 85.9 Å². The fourth-order valence-electron chi connectivity index (χ4n) is 7.38. The van der Waals surface area contributed by atoms with Crippen molar-refractivity contribution < 1.29 is 5.11 Å². The second-order valence-electron chi connectivity index (χ2n) is 9.33. The molecule has 0 heterocycles. The van der Waals surface area contributed by atoms with Crippen LogP contribution in [0, 0.1) is 34.5 Å². The van der Waals surface area contributed by atoms with Gasteiger partial charge in [-0.15, -0.1) is 0 Å². The van der Waals surface area contributed by atoms with Crippen molar-refractivity contribution in [2.45, 2.75) is 83.8 Å². The summed E-state index contributed by atoms with van der Waals surface area (Å²) < 4.78 is 0. The third kappa shape index (κ3) is 1.91. The van der Waals surface area contributed by atoms with Crippen molar-refractivity contribution in [2.24, 2.45) is 40.2 Å². The number of aliphatic hydroxyl groups excluding tert-OH is 1. The Bertz CT molecular complexity index is 424. The zero-order valence-corrected chi connectivity index (χ0v) is 13.9. The highest BCUT2D eigenvalue weighted by Crippen LogP contribution is 2.65. The van der Waals surface area contributed by atoms with E-state index in [0.29, 0.717) is 16.7 Å². The third-order valence-corrected chi connectivity index (χ3v) is 8.63. The summed E-state index contributed by atoms with van der Waals surface area (Å²) in [5.74, 6) is 3.39. The van der Waals surface area contributed by atoms with Crippen LogP contribution in [0.2, 0.25) is 0 Å². The van der Waals surface area contributed by atoms with Crippen LogP contribution < -0.4 is 5.73 Å². The van der Waals surface area contributed by atoms with Crippen LogP contribution in [0.15, 0.2) is 0 Å². The Kier molecular flexibility index (Phi) is 3.25. The Labute approximate surface area is 129 Å². The van der Waals surface area contributed by atoms with Crippen molar-refractivity contribution in [3.63, 3.8) is 0 Å². The molecule has 2 heteroatoms. The van der Waals surface area contributed by atoms with Crippen LogP contribution in [0.25, 0.3) is 0 Å². The van der Waals surface area contributed by atoms with Crippen molar-refractivity contribution in [1.82, 2.24) is 0 Å². The molecule has 2 nitrogen and oxygen atoms in total. The summed E-state index contributed by atoms with van der Waals surface area (Å²) in [5.41, 5.74) is 7.57. The van der Waals surface area contributed by atoms with Crippen molar-refractivity contribution in [3.05, 3.63) is 0 Å². The second kappa shape index (κ2) is 4.71. The van der Waals surface area contributed by atoms with Crippen LogP contribution in [0.4, 0.5) is 0 Å². The molecular formula is C19H33NO. The number of fused-ring (bicyclic) bond motifs is 5. The minimum absolute atomic E-state index is 0.144. The highest BCUT2D eigenvalue weighted by atomic mass is 16.3. The summed E-state index contributed by atoms with van der Waals surface area (Å²) in [6.45, 7) is 5.06. The van der Waals surface area contributed by atoms with Gasteiger partial charge >= 0.3 is 0 Å². The van der Waals surface area contributed by atoms with E-state index in [1.54, 1.807) is 0 Å². The van der Waals surface area contributed by atoms with E-state index in [2.05, 4.69) is 13.8 Å². The summed E-state index contributed by atoms with van der Waals surface area (Å²) in [6, 6.07) is 0.213. The quantitative estimate of drug-likeness (QED) is 0.714. The maximum Gasteiger partial charge on any atom is 0.0558 e.